The van der Waals surface area contributed by atoms with Gasteiger partial charge in [-0.25, -0.2) is 9.69 Å². The molecule has 3 amide bonds. The number of anilines is 1. The fraction of sp³-hybridized carbons (Fsp3) is 0.200. The number of carbonyl (C=O) groups is 2. The number of benzene rings is 1. The maximum Gasteiger partial charge on any atom is 0.331 e. The lowest BCUT2D eigenvalue weighted by molar-refractivity contribution is -0.116. The van der Waals surface area contributed by atoms with Crippen LogP contribution in [-0.4, -0.2) is 30.4 Å². The highest BCUT2D eigenvalue weighted by Crippen LogP contribution is 2.28. The number of halogens is 1. The van der Waals surface area contributed by atoms with E-state index in [2.05, 4.69) is 0 Å². The number of hydrogen-bond acceptors (Lipinski definition) is 2. The molecule has 1 fully saturated rings. The summed E-state index contributed by atoms with van der Waals surface area (Å²) in [5.74, 6) is -0.254. The van der Waals surface area contributed by atoms with Gasteiger partial charge in [0.25, 0.3) is 5.91 Å². The lowest BCUT2D eigenvalue weighted by Crippen LogP contribution is -2.31. The highest BCUT2D eigenvalue weighted by atomic mass is 35.5. The summed E-state index contributed by atoms with van der Waals surface area (Å²) < 4.78 is 0. The highest BCUT2D eigenvalue weighted by Gasteiger charge is 2.35. The summed E-state index contributed by atoms with van der Waals surface area (Å²) in [6.45, 7) is 0.101. The van der Waals surface area contributed by atoms with Crippen molar-refractivity contribution in [1.29, 1.82) is 0 Å². The van der Waals surface area contributed by atoms with E-state index in [1.807, 2.05) is 0 Å². The normalized spacial score (nSPS) is 16.4. The summed E-state index contributed by atoms with van der Waals surface area (Å²) in [5.41, 5.74) is 0.443. The zero-order valence-electron chi connectivity index (χ0n) is 8.11. The minimum absolute atomic E-state index is 0.101. The van der Waals surface area contributed by atoms with Crippen LogP contribution < -0.4 is 4.90 Å². The smallest absolute Gasteiger partial charge is 0.318 e. The third-order valence-corrected chi connectivity index (χ3v) is 2.55. The zero-order chi connectivity index (χ0) is 11.0. The molecular weight excluding hydrogens is 216 g/mol. The number of para-hydroxylation sites is 1. The molecule has 78 valence electrons. The molecule has 5 heteroatoms. The Morgan fingerprint density at radius 2 is 1.93 bits per heavy atom. The fourth-order valence-corrected chi connectivity index (χ4v) is 1.71. The van der Waals surface area contributed by atoms with Crippen LogP contribution in [0.5, 0.6) is 0 Å². The maximum absolute atomic E-state index is 11.6. The van der Waals surface area contributed by atoms with Crippen LogP contribution in [0.1, 0.15) is 0 Å². The molecular formula is C10H9ClN2O2. The van der Waals surface area contributed by atoms with E-state index in [1.54, 1.807) is 31.3 Å². The molecule has 0 aromatic heterocycles. The summed E-state index contributed by atoms with van der Waals surface area (Å²) in [7, 11) is 1.58. The lowest BCUT2D eigenvalue weighted by atomic mass is 10.3. The first-order chi connectivity index (χ1) is 7.11. The lowest BCUT2D eigenvalue weighted by Gasteiger charge is -2.15. The van der Waals surface area contributed by atoms with Crippen LogP contribution in [0.4, 0.5) is 10.5 Å². The average Bonchev–Trinajstić information content (AvgIpc) is 2.43. The molecule has 1 aliphatic rings. The fourth-order valence-electron chi connectivity index (χ4n) is 1.49. The van der Waals surface area contributed by atoms with Crippen LogP contribution in [-0.2, 0) is 4.79 Å². The number of amides is 3. The molecule has 0 bridgehead atoms. The van der Waals surface area contributed by atoms with Crippen molar-refractivity contribution in [2.45, 2.75) is 0 Å². The van der Waals surface area contributed by atoms with Gasteiger partial charge in [0, 0.05) is 7.05 Å². The second-order valence-corrected chi connectivity index (χ2v) is 3.73. The van der Waals surface area contributed by atoms with Crippen LogP contribution in [0.25, 0.3) is 0 Å². The first-order valence-corrected chi connectivity index (χ1v) is 4.81. The van der Waals surface area contributed by atoms with E-state index >= 15 is 0 Å². The molecule has 0 aliphatic carbocycles. The average molecular weight is 225 g/mol. The summed E-state index contributed by atoms with van der Waals surface area (Å²) in [6, 6.07) is 6.45. The molecule has 0 spiro atoms. The molecule has 1 saturated heterocycles. The van der Waals surface area contributed by atoms with Crippen molar-refractivity contribution in [3.8, 4) is 0 Å². The van der Waals surface area contributed by atoms with Gasteiger partial charge >= 0.3 is 6.03 Å². The number of carbonyl (C=O) groups excluding carboxylic acids is 2. The standard InChI is InChI=1S/C10H9ClN2O2/c1-12-6-9(14)13(10(12)15)8-5-3-2-4-7(8)11/h2-5H,6H2,1H3. The van der Waals surface area contributed by atoms with E-state index in [0.717, 1.165) is 4.90 Å². The molecule has 0 unspecified atom stereocenters. The van der Waals surface area contributed by atoms with Gasteiger partial charge in [-0.3, -0.25) is 4.79 Å². The van der Waals surface area contributed by atoms with E-state index in [9.17, 15) is 9.59 Å². The summed E-state index contributed by atoms with van der Waals surface area (Å²) in [4.78, 5) is 25.6. The minimum Gasteiger partial charge on any atom is -0.318 e. The maximum atomic E-state index is 11.6. The highest BCUT2D eigenvalue weighted by molar-refractivity contribution is 6.35. The van der Waals surface area contributed by atoms with Crippen molar-refractivity contribution in [2.75, 3.05) is 18.5 Å². The third kappa shape index (κ3) is 1.57. The molecule has 0 radical (unpaired) electrons. The number of nitrogens with zero attached hydrogens (tertiary/aromatic N) is 2. The van der Waals surface area contributed by atoms with E-state index in [-0.39, 0.29) is 18.5 Å². The second-order valence-electron chi connectivity index (χ2n) is 3.32. The number of rotatable bonds is 1. The number of hydrogen-bond donors (Lipinski definition) is 0. The summed E-state index contributed by atoms with van der Waals surface area (Å²) in [6.07, 6.45) is 0. The van der Waals surface area contributed by atoms with E-state index in [1.165, 1.54) is 4.90 Å². The summed E-state index contributed by atoms with van der Waals surface area (Å²) >= 11 is 5.92. The molecule has 0 saturated carbocycles. The molecule has 0 N–H and O–H groups in total. The molecule has 2 rings (SSSR count). The van der Waals surface area contributed by atoms with Crippen molar-refractivity contribution in [3.63, 3.8) is 0 Å². The predicted molar refractivity (Wildman–Crippen MR) is 57.0 cm³/mol. The van der Waals surface area contributed by atoms with E-state index < -0.39 is 0 Å². The molecule has 1 heterocycles. The van der Waals surface area contributed by atoms with Gasteiger partial charge in [0.1, 0.15) is 6.54 Å². The van der Waals surface area contributed by atoms with E-state index in [0.29, 0.717) is 10.7 Å². The van der Waals surface area contributed by atoms with Gasteiger partial charge in [-0.1, -0.05) is 23.7 Å². The quantitative estimate of drug-likeness (QED) is 0.682. The number of likely N-dealkylation sites (N-methyl/N-ethyl adjacent to an activating group) is 1. The van der Waals surface area contributed by atoms with Crippen molar-refractivity contribution in [1.82, 2.24) is 4.90 Å². The molecule has 0 atom stereocenters. The second kappa shape index (κ2) is 3.55. The van der Waals surface area contributed by atoms with Gasteiger partial charge in [-0.15, -0.1) is 0 Å². The molecule has 4 nitrogen and oxygen atoms in total. The van der Waals surface area contributed by atoms with Crippen LogP contribution in [0.15, 0.2) is 24.3 Å². The monoisotopic (exact) mass is 224 g/mol. The largest absolute Gasteiger partial charge is 0.331 e. The Morgan fingerprint density at radius 1 is 1.27 bits per heavy atom. The van der Waals surface area contributed by atoms with Crippen LogP contribution in [0.3, 0.4) is 0 Å². The number of urea groups is 1. The SMILES string of the molecule is CN1CC(=O)N(c2ccccc2Cl)C1=O. The summed E-state index contributed by atoms with van der Waals surface area (Å²) in [5, 5.41) is 0.398. The Labute approximate surface area is 92.0 Å². The van der Waals surface area contributed by atoms with Gasteiger partial charge in [0.05, 0.1) is 10.7 Å². The van der Waals surface area contributed by atoms with Crippen LogP contribution in [0.2, 0.25) is 5.02 Å². The zero-order valence-corrected chi connectivity index (χ0v) is 8.86. The first kappa shape index (κ1) is 9.98. The topological polar surface area (TPSA) is 40.6 Å². The van der Waals surface area contributed by atoms with Gasteiger partial charge in [0.15, 0.2) is 0 Å². The Bertz CT molecular complexity index is 433. The van der Waals surface area contributed by atoms with Gasteiger partial charge < -0.3 is 4.90 Å². The van der Waals surface area contributed by atoms with Gasteiger partial charge in [-0.2, -0.15) is 0 Å². The van der Waals surface area contributed by atoms with Gasteiger partial charge in [-0.05, 0) is 12.1 Å². The molecule has 1 aliphatic heterocycles. The van der Waals surface area contributed by atoms with Crippen molar-refractivity contribution in [3.05, 3.63) is 29.3 Å². The van der Waals surface area contributed by atoms with E-state index in [4.69, 9.17) is 11.6 Å². The van der Waals surface area contributed by atoms with Crippen LogP contribution >= 0.6 is 11.6 Å². The minimum atomic E-state index is -0.340. The molecule has 1 aromatic rings. The Morgan fingerprint density at radius 3 is 2.47 bits per heavy atom. The van der Waals surface area contributed by atoms with Gasteiger partial charge in [0.2, 0.25) is 0 Å². The number of imide groups is 1. The predicted octanol–water partition coefficient (Wildman–Crippen LogP) is 1.74. The Hall–Kier alpha value is -1.55. The first-order valence-electron chi connectivity index (χ1n) is 4.44. The van der Waals surface area contributed by atoms with Crippen LogP contribution in [0, 0.1) is 0 Å². The molecule has 1 aromatic carbocycles. The van der Waals surface area contributed by atoms with Crippen molar-refractivity contribution < 1.29 is 9.59 Å². The van der Waals surface area contributed by atoms with Crippen molar-refractivity contribution in [2.24, 2.45) is 0 Å². The molecule has 15 heavy (non-hydrogen) atoms. The Kier molecular flexibility index (Phi) is 2.36. The Balaban J connectivity index is 2.44. The van der Waals surface area contributed by atoms with Crippen molar-refractivity contribution >= 4 is 29.2 Å². The third-order valence-electron chi connectivity index (χ3n) is 2.23.